The van der Waals surface area contributed by atoms with E-state index < -0.39 is 5.60 Å². The first kappa shape index (κ1) is 19.5. The number of nitrogens with one attached hydrogen (secondary N) is 1. The second-order valence-electron chi connectivity index (χ2n) is 7.21. The lowest BCUT2D eigenvalue weighted by Gasteiger charge is -2.37. The molecule has 0 saturated carbocycles. The predicted octanol–water partition coefficient (Wildman–Crippen LogP) is 2.35. The lowest BCUT2D eigenvalue weighted by atomic mass is 9.91. The molecule has 2 saturated heterocycles. The van der Waals surface area contributed by atoms with Crippen LogP contribution in [0.2, 0.25) is 0 Å². The zero-order valence-electron chi connectivity index (χ0n) is 15.9. The van der Waals surface area contributed by atoms with Crippen LogP contribution in [0.15, 0.2) is 18.2 Å². The summed E-state index contributed by atoms with van der Waals surface area (Å²) in [6.07, 6.45) is 2.85. The quantitative estimate of drug-likeness (QED) is 0.852. The second kappa shape index (κ2) is 7.80. The number of piperidine rings is 1. The number of carbonyl (C=O) groups excluding carboxylic acids is 3. The topological polar surface area (TPSA) is 79.0 Å². The number of hydrogen-bond acceptors (Lipinski definition) is 5. The summed E-state index contributed by atoms with van der Waals surface area (Å²) >= 11 is 1.45. The Balaban J connectivity index is 1.66. The second-order valence-corrected chi connectivity index (χ2v) is 8.08. The lowest BCUT2D eigenvalue weighted by molar-refractivity contribution is -0.113. The molecule has 2 aliphatic heterocycles. The summed E-state index contributed by atoms with van der Waals surface area (Å²) < 4.78 is 5.54. The van der Waals surface area contributed by atoms with Gasteiger partial charge in [0.25, 0.3) is 5.91 Å². The van der Waals surface area contributed by atoms with Crippen LogP contribution in [0.5, 0.6) is 0 Å². The first-order valence-electron chi connectivity index (χ1n) is 8.96. The maximum absolute atomic E-state index is 12.9. The monoisotopic (exact) mass is 391 g/mol. The summed E-state index contributed by atoms with van der Waals surface area (Å²) in [6, 6.07) is 5.38. The molecule has 1 aromatic rings. The van der Waals surface area contributed by atoms with Gasteiger partial charge in [0.15, 0.2) is 0 Å². The van der Waals surface area contributed by atoms with Gasteiger partial charge in [-0.2, -0.15) is 11.8 Å². The Morgan fingerprint density at radius 2 is 2.00 bits per heavy atom. The Labute approximate surface area is 163 Å². The number of nitrogens with zero attached hydrogens (tertiary/aromatic N) is 2. The van der Waals surface area contributed by atoms with E-state index >= 15 is 0 Å². The van der Waals surface area contributed by atoms with Gasteiger partial charge >= 0.3 is 6.09 Å². The highest BCUT2D eigenvalue weighted by Crippen LogP contribution is 2.33. The Bertz CT molecular complexity index is 759. The Kier molecular flexibility index (Phi) is 5.64. The van der Waals surface area contributed by atoms with Crippen LogP contribution >= 0.6 is 11.8 Å². The van der Waals surface area contributed by atoms with Crippen molar-refractivity contribution in [3.63, 3.8) is 0 Å². The molecule has 1 N–H and O–H groups in total. The number of amides is 3. The molecular formula is C19H25N3O4S. The average molecular weight is 391 g/mol. The van der Waals surface area contributed by atoms with Crippen molar-refractivity contribution < 1.29 is 19.1 Å². The van der Waals surface area contributed by atoms with Crippen LogP contribution in [0.25, 0.3) is 0 Å². The fourth-order valence-electron chi connectivity index (χ4n) is 3.56. The third kappa shape index (κ3) is 4.21. The summed E-state index contributed by atoms with van der Waals surface area (Å²) in [7, 11) is 1.73. The van der Waals surface area contributed by atoms with Crippen molar-refractivity contribution in [3.8, 4) is 0 Å². The molecule has 8 heteroatoms. The van der Waals surface area contributed by atoms with Gasteiger partial charge in [-0.05, 0) is 30.9 Å². The molecule has 2 aliphatic rings. The first-order chi connectivity index (χ1) is 12.8. The van der Waals surface area contributed by atoms with E-state index in [1.54, 1.807) is 29.0 Å². The number of carbonyl (C=O) groups is 3. The molecule has 2 fully saturated rings. The molecule has 0 aromatic heterocycles. The van der Waals surface area contributed by atoms with Gasteiger partial charge in [0.1, 0.15) is 5.60 Å². The van der Waals surface area contributed by atoms with Gasteiger partial charge in [-0.3, -0.25) is 9.59 Å². The molecule has 0 radical (unpaired) electrons. The van der Waals surface area contributed by atoms with Crippen molar-refractivity contribution in [3.05, 3.63) is 29.3 Å². The maximum Gasteiger partial charge on any atom is 0.410 e. The van der Waals surface area contributed by atoms with Crippen LogP contribution in [0.4, 0.5) is 10.5 Å². The van der Waals surface area contributed by atoms with E-state index in [9.17, 15) is 14.4 Å². The number of likely N-dealkylation sites (N-methyl/N-ethyl adjacent to an activating group) is 1. The minimum atomic E-state index is -0.465. The summed E-state index contributed by atoms with van der Waals surface area (Å²) in [6.45, 7) is 3.56. The van der Waals surface area contributed by atoms with Crippen molar-refractivity contribution in [2.75, 3.05) is 44.0 Å². The number of aryl methyl sites for hydroxylation is 1. The minimum absolute atomic E-state index is 0.0668. The molecule has 1 aromatic carbocycles. The van der Waals surface area contributed by atoms with Gasteiger partial charge in [0.2, 0.25) is 5.91 Å². The summed E-state index contributed by atoms with van der Waals surface area (Å²) in [4.78, 5) is 39.8. The van der Waals surface area contributed by atoms with Gasteiger partial charge in [-0.15, -0.1) is 0 Å². The van der Waals surface area contributed by atoms with E-state index in [2.05, 4.69) is 5.32 Å². The van der Waals surface area contributed by atoms with Crippen LogP contribution in [0.3, 0.4) is 0 Å². The third-order valence-electron chi connectivity index (χ3n) is 5.14. The molecule has 7 nitrogen and oxygen atoms in total. The molecule has 0 unspecified atom stereocenters. The standard InChI is InChI=1S/C19H25N3O4S/c1-13-4-5-14(10-15(13)20-16(23)11-27-3)17(24)22-8-6-19(7-9-22)12-21(2)18(25)26-19/h4-5,10H,6-9,11-12H2,1-3H3,(H,20,23). The van der Waals surface area contributed by atoms with Gasteiger partial charge in [-0.25, -0.2) is 4.79 Å². The molecule has 2 heterocycles. The molecule has 3 amide bonds. The van der Waals surface area contributed by atoms with Gasteiger partial charge in [-0.1, -0.05) is 6.07 Å². The fourth-order valence-corrected chi connectivity index (χ4v) is 3.89. The SMILES string of the molecule is CSCC(=O)Nc1cc(C(=O)N2CCC3(CC2)CN(C)C(=O)O3)ccc1C. The summed E-state index contributed by atoms with van der Waals surface area (Å²) in [5, 5.41) is 2.87. The number of thioether (sulfide) groups is 1. The van der Waals surface area contributed by atoms with E-state index in [1.165, 1.54) is 11.8 Å². The van der Waals surface area contributed by atoms with Crippen molar-refractivity contribution in [1.82, 2.24) is 9.80 Å². The fraction of sp³-hybridized carbons (Fsp3) is 0.526. The molecule has 3 rings (SSSR count). The van der Waals surface area contributed by atoms with Crippen molar-refractivity contribution in [2.45, 2.75) is 25.4 Å². The minimum Gasteiger partial charge on any atom is -0.441 e. The van der Waals surface area contributed by atoms with E-state index in [-0.39, 0.29) is 17.9 Å². The number of likely N-dealkylation sites (tertiary alicyclic amines) is 1. The predicted molar refractivity (Wildman–Crippen MR) is 105 cm³/mol. The Morgan fingerprint density at radius 1 is 1.30 bits per heavy atom. The zero-order valence-corrected chi connectivity index (χ0v) is 16.7. The number of anilines is 1. The molecular weight excluding hydrogens is 366 g/mol. The first-order valence-corrected chi connectivity index (χ1v) is 10.4. The van der Waals surface area contributed by atoms with E-state index in [0.717, 1.165) is 5.56 Å². The lowest BCUT2D eigenvalue weighted by Crippen LogP contribution is -2.48. The Morgan fingerprint density at radius 3 is 2.59 bits per heavy atom. The average Bonchev–Trinajstić information content (AvgIpc) is 2.90. The van der Waals surface area contributed by atoms with Crippen LogP contribution in [0, 0.1) is 6.92 Å². The van der Waals surface area contributed by atoms with Crippen molar-refractivity contribution in [1.29, 1.82) is 0 Å². The van der Waals surface area contributed by atoms with E-state index in [4.69, 9.17) is 4.74 Å². The van der Waals surface area contributed by atoms with Gasteiger partial charge < -0.3 is 19.9 Å². The Hall–Kier alpha value is -2.22. The zero-order chi connectivity index (χ0) is 19.6. The smallest absolute Gasteiger partial charge is 0.410 e. The largest absolute Gasteiger partial charge is 0.441 e. The maximum atomic E-state index is 12.9. The molecule has 0 aliphatic carbocycles. The number of hydrogen-bond donors (Lipinski definition) is 1. The highest BCUT2D eigenvalue weighted by Gasteiger charge is 2.46. The van der Waals surface area contributed by atoms with E-state index in [0.29, 0.717) is 49.5 Å². The number of rotatable bonds is 4. The molecule has 146 valence electrons. The van der Waals surface area contributed by atoms with Gasteiger partial charge in [0.05, 0.1) is 12.3 Å². The van der Waals surface area contributed by atoms with Gasteiger partial charge in [0, 0.05) is 44.2 Å². The van der Waals surface area contributed by atoms with Crippen LogP contribution in [-0.2, 0) is 9.53 Å². The normalized spacial score (nSPS) is 18.6. The number of ether oxygens (including phenoxy) is 1. The highest BCUT2D eigenvalue weighted by atomic mass is 32.2. The molecule has 1 spiro atoms. The van der Waals surface area contributed by atoms with Crippen LogP contribution in [-0.4, -0.2) is 72.0 Å². The number of benzene rings is 1. The summed E-state index contributed by atoms with van der Waals surface area (Å²) in [5.41, 5.74) is 1.67. The van der Waals surface area contributed by atoms with Crippen molar-refractivity contribution >= 4 is 35.4 Å². The molecule has 27 heavy (non-hydrogen) atoms. The van der Waals surface area contributed by atoms with Crippen molar-refractivity contribution in [2.24, 2.45) is 0 Å². The third-order valence-corrected chi connectivity index (χ3v) is 5.69. The summed E-state index contributed by atoms with van der Waals surface area (Å²) in [5.74, 6) is 0.226. The van der Waals surface area contributed by atoms with Crippen LogP contribution < -0.4 is 5.32 Å². The van der Waals surface area contributed by atoms with Crippen LogP contribution in [0.1, 0.15) is 28.8 Å². The molecule has 0 bridgehead atoms. The molecule has 0 atom stereocenters. The van der Waals surface area contributed by atoms with E-state index in [1.807, 2.05) is 19.2 Å². The highest BCUT2D eigenvalue weighted by molar-refractivity contribution is 7.99.